The van der Waals surface area contributed by atoms with Gasteiger partial charge in [0.15, 0.2) is 0 Å². The third kappa shape index (κ3) is 4.63. The number of morpholine rings is 1. The molecule has 2 atom stereocenters. The first kappa shape index (κ1) is 19.3. The van der Waals surface area contributed by atoms with Crippen LogP contribution in [0.3, 0.4) is 0 Å². The fraction of sp³-hybridized carbons (Fsp3) is 0.526. The van der Waals surface area contributed by atoms with Crippen molar-refractivity contribution in [1.82, 2.24) is 10.3 Å². The molecular formula is C19H25FN4O3. The highest BCUT2D eigenvalue weighted by Crippen LogP contribution is 2.24. The van der Waals surface area contributed by atoms with Crippen molar-refractivity contribution in [3.63, 3.8) is 0 Å². The Morgan fingerprint density at radius 1 is 1.30 bits per heavy atom. The molecule has 0 saturated carbocycles. The summed E-state index contributed by atoms with van der Waals surface area (Å²) in [6, 6.07) is 4.99. The van der Waals surface area contributed by atoms with Gasteiger partial charge in [-0.05, 0) is 31.5 Å². The number of carbonyl (C=O) groups excluding carboxylic acids is 2. The van der Waals surface area contributed by atoms with E-state index in [2.05, 4.69) is 10.4 Å². The van der Waals surface area contributed by atoms with Crippen LogP contribution in [-0.4, -0.2) is 54.9 Å². The van der Waals surface area contributed by atoms with Crippen LogP contribution in [0.25, 0.3) is 0 Å². The molecule has 2 heterocycles. The number of carbonyl (C=O) groups is 2. The molecule has 0 spiro atoms. The summed E-state index contributed by atoms with van der Waals surface area (Å²) in [5.74, 6) is -0.769. The molecule has 27 heavy (non-hydrogen) atoms. The van der Waals surface area contributed by atoms with Gasteiger partial charge in [0.25, 0.3) is 5.91 Å². The lowest BCUT2D eigenvalue weighted by Gasteiger charge is -2.37. The molecule has 1 saturated heterocycles. The second kappa shape index (κ2) is 8.04. The van der Waals surface area contributed by atoms with Gasteiger partial charge in [-0.3, -0.25) is 9.59 Å². The number of rotatable bonds is 4. The molecule has 8 heteroatoms. The molecule has 0 bridgehead atoms. The largest absolute Gasteiger partial charge is 0.372 e. The number of hydrazone groups is 1. The molecule has 2 aliphatic heterocycles. The molecule has 146 valence electrons. The minimum Gasteiger partial charge on any atom is -0.372 e. The van der Waals surface area contributed by atoms with E-state index in [0.29, 0.717) is 36.5 Å². The lowest BCUT2D eigenvalue weighted by molar-refractivity contribution is -0.130. The summed E-state index contributed by atoms with van der Waals surface area (Å²) in [6.07, 6.45) is 0.680. The summed E-state index contributed by atoms with van der Waals surface area (Å²) >= 11 is 0. The lowest BCUT2D eigenvalue weighted by Crippen LogP contribution is -2.45. The summed E-state index contributed by atoms with van der Waals surface area (Å²) in [7, 11) is 1.52. The summed E-state index contributed by atoms with van der Waals surface area (Å²) in [5, 5.41) is 7.89. The normalized spacial score (nSPS) is 23.3. The first-order chi connectivity index (χ1) is 12.8. The van der Waals surface area contributed by atoms with E-state index in [-0.39, 0.29) is 42.8 Å². The lowest BCUT2D eigenvalue weighted by atomic mass is 10.1. The predicted molar refractivity (Wildman–Crippen MR) is 99.9 cm³/mol. The quantitative estimate of drug-likeness (QED) is 0.867. The van der Waals surface area contributed by atoms with Gasteiger partial charge in [-0.15, -0.1) is 0 Å². The maximum Gasteiger partial charge on any atom is 0.267 e. The molecule has 2 aliphatic rings. The van der Waals surface area contributed by atoms with E-state index in [1.807, 2.05) is 24.8 Å². The molecule has 1 aromatic rings. The Kier molecular flexibility index (Phi) is 5.74. The highest BCUT2D eigenvalue weighted by Gasteiger charge is 2.25. The average molecular weight is 376 g/mol. The van der Waals surface area contributed by atoms with Gasteiger partial charge >= 0.3 is 0 Å². The van der Waals surface area contributed by atoms with Crippen molar-refractivity contribution in [2.24, 2.45) is 5.10 Å². The van der Waals surface area contributed by atoms with Gasteiger partial charge in [0.2, 0.25) is 5.91 Å². The molecule has 2 unspecified atom stereocenters. The van der Waals surface area contributed by atoms with E-state index in [1.165, 1.54) is 18.1 Å². The Balaban J connectivity index is 1.62. The number of ether oxygens (including phenoxy) is 1. The van der Waals surface area contributed by atoms with Crippen LogP contribution in [0.5, 0.6) is 0 Å². The molecular weight excluding hydrogens is 351 g/mol. The summed E-state index contributed by atoms with van der Waals surface area (Å²) in [4.78, 5) is 25.6. The van der Waals surface area contributed by atoms with Crippen LogP contribution in [0.1, 0.15) is 32.3 Å². The summed E-state index contributed by atoms with van der Waals surface area (Å²) in [5.41, 5.74) is 1.52. The minimum absolute atomic E-state index is 0.0494. The average Bonchev–Trinajstić information content (AvgIpc) is 2.61. The van der Waals surface area contributed by atoms with Gasteiger partial charge in [0.05, 0.1) is 17.9 Å². The number of hydrogen-bond donors (Lipinski definition) is 1. The highest BCUT2D eigenvalue weighted by atomic mass is 19.1. The third-order valence-corrected chi connectivity index (χ3v) is 4.69. The maximum atomic E-state index is 14.6. The zero-order valence-electron chi connectivity index (χ0n) is 15.9. The Labute approximate surface area is 158 Å². The van der Waals surface area contributed by atoms with Gasteiger partial charge in [0, 0.05) is 39.5 Å². The number of anilines is 1. The van der Waals surface area contributed by atoms with Crippen molar-refractivity contribution in [1.29, 1.82) is 0 Å². The van der Waals surface area contributed by atoms with E-state index < -0.39 is 0 Å². The summed E-state index contributed by atoms with van der Waals surface area (Å²) < 4.78 is 20.3. The molecule has 0 aromatic heterocycles. The Morgan fingerprint density at radius 3 is 2.63 bits per heavy atom. The monoisotopic (exact) mass is 376 g/mol. The van der Waals surface area contributed by atoms with Crippen molar-refractivity contribution in [2.45, 2.75) is 45.4 Å². The number of amides is 2. The van der Waals surface area contributed by atoms with Crippen molar-refractivity contribution in [2.75, 3.05) is 25.0 Å². The van der Waals surface area contributed by atoms with Crippen molar-refractivity contribution in [3.05, 3.63) is 29.6 Å². The van der Waals surface area contributed by atoms with Crippen LogP contribution in [-0.2, 0) is 20.9 Å². The van der Waals surface area contributed by atoms with E-state index in [1.54, 1.807) is 6.07 Å². The van der Waals surface area contributed by atoms with Crippen molar-refractivity contribution >= 4 is 23.2 Å². The minimum atomic E-state index is -0.338. The van der Waals surface area contributed by atoms with E-state index >= 15 is 0 Å². The molecule has 1 aromatic carbocycles. The van der Waals surface area contributed by atoms with E-state index in [4.69, 9.17) is 4.74 Å². The summed E-state index contributed by atoms with van der Waals surface area (Å²) in [6.45, 7) is 5.43. The zero-order valence-corrected chi connectivity index (χ0v) is 15.9. The van der Waals surface area contributed by atoms with Crippen LogP contribution in [0, 0.1) is 5.82 Å². The topological polar surface area (TPSA) is 74.2 Å². The zero-order chi connectivity index (χ0) is 19.6. The van der Waals surface area contributed by atoms with Crippen LogP contribution < -0.4 is 10.2 Å². The second-order valence-electron chi connectivity index (χ2n) is 7.09. The number of benzene rings is 1. The van der Waals surface area contributed by atoms with Crippen LogP contribution in [0.2, 0.25) is 0 Å². The fourth-order valence-corrected chi connectivity index (χ4v) is 3.41. The van der Waals surface area contributed by atoms with E-state index in [9.17, 15) is 14.0 Å². The van der Waals surface area contributed by atoms with E-state index in [0.717, 1.165) is 0 Å². The van der Waals surface area contributed by atoms with Crippen LogP contribution in [0.4, 0.5) is 10.1 Å². The molecule has 3 rings (SSSR count). The van der Waals surface area contributed by atoms with Gasteiger partial charge < -0.3 is 15.0 Å². The van der Waals surface area contributed by atoms with Crippen molar-refractivity contribution < 1.29 is 18.7 Å². The standard InChI is InChI=1S/C19H25FN4O3/c1-12-10-24(11-13(2)27-12)17-6-4-14(8-15(17)20)9-21-19(26)16-5-7-18(25)23(3)22-16/h4,6,8,12-13H,5,7,9-11H2,1-3H3,(H,21,26). The van der Waals surface area contributed by atoms with Gasteiger partial charge in [0.1, 0.15) is 11.5 Å². The molecule has 1 N–H and O–H groups in total. The first-order valence-corrected chi connectivity index (χ1v) is 9.14. The fourth-order valence-electron chi connectivity index (χ4n) is 3.41. The molecule has 0 radical (unpaired) electrons. The maximum absolute atomic E-state index is 14.6. The van der Waals surface area contributed by atoms with Crippen LogP contribution in [0.15, 0.2) is 23.3 Å². The number of halogens is 1. The molecule has 0 aliphatic carbocycles. The Morgan fingerprint density at radius 2 is 2.00 bits per heavy atom. The number of hydrogen-bond acceptors (Lipinski definition) is 5. The predicted octanol–water partition coefficient (Wildman–Crippen LogP) is 1.66. The number of nitrogens with one attached hydrogen (secondary N) is 1. The molecule has 7 nitrogen and oxygen atoms in total. The number of nitrogens with zero attached hydrogens (tertiary/aromatic N) is 3. The van der Waals surface area contributed by atoms with Gasteiger partial charge in [-0.1, -0.05) is 6.07 Å². The highest BCUT2D eigenvalue weighted by molar-refractivity contribution is 6.39. The smallest absolute Gasteiger partial charge is 0.267 e. The van der Waals surface area contributed by atoms with Crippen LogP contribution >= 0.6 is 0 Å². The Hall–Kier alpha value is -2.48. The first-order valence-electron chi connectivity index (χ1n) is 9.14. The Bertz CT molecular complexity index is 757. The SMILES string of the molecule is CC1CN(c2ccc(CNC(=O)C3=NN(C)C(=O)CC3)cc2F)CC(C)O1. The van der Waals surface area contributed by atoms with Gasteiger partial charge in [-0.25, -0.2) is 9.40 Å². The molecule has 2 amide bonds. The van der Waals surface area contributed by atoms with Crippen molar-refractivity contribution in [3.8, 4) is 0 Å². The van der Waals surface area contributed by atoms with Gasteiger partial charge in [-0.2, -0.15) is 5.10 Å². The molecule has 1 fully saturated rings. The third-order valence-electron chi connectivity index (χ3n) is 4.69. The second-order valence-corrected chi connectivity index (χ2v) is 7.09.